The van der Waals surface area contributed by atoms with E-state index in [9.17, 15) is 4.79 Å². The van der Waals surface area contributed by atoms with Gasteiger partial charge in [-0.3, -0.25) is 9.69 Å². The molecule has 1 amide bonds. The maximum Gasteiger partial charge on any atom is 0.227 e. The predicted octanol–water partition coefficient (Wildman–Crippen LogP) is 0.918. The molecule has 0 radical (unpaired) electrons. The van der Waals surface area contributed by atoms with Gasteiger partial charge in [0.15, 0.2) is 11.5 Å². The van der Waals surface area contributed by atoms with Crippen molar-refractivity contribution in [3.63, 3.8) is 0 Å². The van der Waals surface area contributed by atoms with E-state index in [1.807, 2.05) is 18.2 Å². The molecule has 1 N–H and O–H groups in total. The van der Waals surface area contributed by atoms with Crippen LogP contribution in [0.5, 0.6) is 11.5 Å². The van der Waals surface area contributed by atoms with Gasteiger partial charge in [-0.15, -0.1) is 0 Å². The molecule has 0 saturated carbocycles. The zero-order valence-electron chi connectivity index (χ0n) is 13.8. The number of benzene rings is 1. The van der Waals surface area contributed by atoms with Gasteiger partial charge in [-0.05, 0) is 17.7 Å². The standard InChI is InChI=1S/C18H22N2O4/c1-22-16-4-2-3-13-5-12(9-24-17(13)16)6-20-7-14-10-23-11-15(8-20)19-18(14)21/h2-5,14-15H,6-11H2,1H3,(H,19,21)/t14-,15+/m1/s1. The van der Waals surface area contributed by atoms with Gasteiger partial charge in [-0.1, -0.05) is 12.1 Å². The van der Waals surface area contributed by atoms with Crippen molar-refractivity contribution in [2.75, 3.05) is 46.6 Å². The van der Waals surface area contributed by atoms with E-state index in [0.717, 1.165) is 36.7 Å². The van der Waals surface area contributed by atoms with Crippen molar-refractivity contribution >= 4 is 12.0 Å². The summed E-state index contributed by atoms with van der Waals surface area (Å²) in [6, 6.07) is 5.98. The Morgan fingerprint density at radius 1 is 1.33 bits per heavy atom. The zero-order valence-corrected chi connectivity index (χ0v) is 13.8. The fraction of sp³-hybridized carbons (Fsp3) is 0.500. The summed E-state index contributed by atoms with van der Waals surface area (Å²) in [6.45, 7) is 3.99. The summed E-state index contributed by atoms with van der Waals surface area (Å²) in [5.74, 6) is 1.60. The Morgan fingerprint density at radius 2 is 2.25 bits per heavy atom. The molecule has 4 rings (SSSR count). The number of nitrogens with zero attached hydrogens (tertiary/aromatic N) is 1. The fourth-order valence-corrected chi connectivity index (χ4v) is 3.62. The number of fused-ring (bicyclic) bond motifs is 4. The van der Waals surface area contributed by atoms with Crippen LogP contribution in [0.3, 0.4) is 0 Å². The minimum Gasteiger partial charge on any atom is -0.493 e. The summed E-state index contributed by atoms with van der Waals surface area (Å²) >= 11 is 0. The van der Waals surface area contributed by atoms with Crippen LogP contribution in [0.25, 0.3) is 6.08 Å². The van der Waals surface area contributed by atoms with E-state index in [0.29, 0.717) is 19.8 Å². The minimum absolute atomic E-state index is 0.0717. The predicted molar refractivity (Wildman–Crippen MR) is 89.1 cm³/mol. The Kier molecular flexibility index (Phi) is 4.16. The number of amides is 1. The number of methoxy groups -OCH3 is 1. The van der Waals surface area contributed by atoms with Gasteiger partial charge in [-0.2, -0.15) is 0 Å². The van der Waals surface area contributed by atoms with Gasteiger partial charge in [0.05, 0.1) is 32.3 Å². The highest BCUT2D eigenvalue weighted by Crippen LogP contribution is 2.35. The van der Waals surface area contributed by atoms with E-state index in [-0.39, 0.29) is 17.9 Å². The Morgan fingerprint density at radius 3 is 3.12 bits per heavy atom. The summed E-state index contributed by atoms with van der Waals surface area (Å²) in [5.41, 5.74) is 2.26. The van der Waals surface area contributed by atoms with Crippen molar-refractivity contribution < 1.29 is 19.0 Å². The molecule has 24 heavy (non-hydrogen) atoms. The normalized spacial score (nSPS) is 26.5. The lowest BCUT2D eigenvalue weighted by Gasteiger charge is -2.29. The molecular formula is C18H22N2O4. The molecule has 2 atom stereocenters. The summed E-state index contributed by atoms with van der Waals surface area (Å²) in [7, 11) is 1.65. The van der Waals surface area contributed by atoms with Gasteiger partial charge < -0.3 is 19.5 Å². The molecule has 6 nitrogen and oxygen atoms in total. The van der Waals surface area contributed by atoms with E-state index >= 15 is 0 Å². The van der Waals surface area contributed by atoms with Crippen LogP contribution in [0.15, 0.2) is 23.8 Å². The van der Waals surface area contributed by atoms with E-state index in [4.69, 9.17) is 14.2 Å². The van der Waals surface area contributed by atoms with Crippen LogP contribution in [0.4, 0.5) is 0 Å². The summed E-state index contributed by atoms with van der Waals surface area (Å²) in [6.07, 6.45) is 2.17. The summed E-state index contributed by atoms with van der Waals surface area (Å²) < 4.78 is 16.8. The van der Waals surface area contributed by atoms with Gasteiger partial charge in [-0.25, -0.2) is 0 Å². The molecule has 1 aromatic carbocycles. The third kappa shape index (κ3) is 2.99. The maximum absolute atomic E-state index is 12.1. The monoisotopic (exact) mass is 330 g/mol. The third-order valence-corrected chi connectivity index (χ3v) is 4.73. The lowest BCUT2D eigenvalue weighted by Crippen LogP contribution is -2.43. The van der Waals surface area contributed by atoms with E-state index < -0.39 is 0 Å². The van der Waals surface area contributed by atoms with Crippen molar-refractivity contribution in [3.8, 4) is 11.5 Å². The molecule has 3 heterocycles. The van der Waals surface area contributed by atoms with Crippen LogP contribution in [0.2, 0.25) is 0 Å². The van der Waals surface area contributed by atoms with Crippen LogP contribution >= 0.6 is 0 Å². The van der Waals surface area contributed by atoms with Gasteiger partial charge in [0.2, 0.25) is 5.91 Å². The number of carbonyl (C=O) groups excluding carboxylic acids is 1. The van der Waals surface area contributed by atoms with Crippen molar-refractivity contribution in [1.29, 1.82) is 0 Å². The number of nitrogens with one attached hydrogen (secondary N) is 1. The Hall–Kier alpha value is -2.05. The smallest absolute Gasteiger partial charge is 0.227 e. The van der Waals surface area contributed by atoms with Crippen LogP contribution in [0.1, 0.15) is 5.56 Å². The molecule has 6 heteroatoms. The number of rotatable bonds is 3. The molecule has 2 fully saturated rings. The molecule has 2 saturated heterocycles. The largest absolute Gasteiger partial charge is 0.493 e. The van der Waals surface area contributed by atoms with Gasteiger partial charge in [0, 0.05) is 25.2 Å². The maximum atomic E-state index is 12.1. The first-order valence-electron chi connectivity index (χ1n) is 8.32. The van der Waals surface area contributed by atoms with Gasteiger partial charge >= 0.3 is 0 Å². The SMILES string of the molecule is COc1cccc2c1OCC(CN1C[C@H]3COC[C@@H](C1)C(=O)N3)=C2. The van der Waals surface area contributed by atoms with Crippen LogP contribution in [-0.4, -0.2) is 63.4 Å². The molecule has 0 spiro atoms. The van der Waals surface area contributed by atoms with E-state index in [1.165, 1.54) is 5.57 Å². The average Bonchev–Trinajstić information content (AvgIpc) is 2.82. The van der Waals surface area contributed by atoms with Crippen molar-refractivity contribution in [1.82, 2.24) is 10.2 Å². The summed E-state index contributed by atoms with van der Waals surface area (Å²) in [4.78, 5) is 14.4. The van der Waals surface area contributed by atoms with Gasteiger partial charge in [0.25, 0.3) is 0 Å². The molecule has 1 aromatic rings. The molecule has 3 aliphatic heterocycles. The zero-order chi connectivity index (χ0) is 16.5. The lowest BCUT2D eigenvalue weighted by molar-refractivity contribution is -0.125. The third-order valence-electron chi connectivity index (χ3n) is 4.73. The Labute approximate surface area is 141 Å². The number of carbonyl (C=O) groups is 1. The quantitative estimate of drug-likeness (QED) is 0.893. The number of hydrogen-bond donors (Lipinski definition) is 1. The Balaban J connectivity index is 1.51. The molecule has 0 unspecified atom stereocenters. The van der Waals surface area contributed by atoms with Crippen LogP contribution in [0, 0.1) is 5.92 Å². The molecule has 2 bridgehead atoms. The van der Waals surface area contributed by atoms with Crippen LogP contribution < -0.4 is 14.8 Å². The summed E-state index contributed by atoms with van der Waals surface area (Å²) in [5, 5.41) is 3.07. The topological polar surface area (TPSA) is 60.0 Å². The molecule has 3 aliphatic rings. The highest BCUT2D eigenvalue weighted by Gasteiger charge is 2.33. The number of hydrogen-bond acceptors (Lipinski definition) is 5. The first kappa shape index (κ1) is 15.5. The molecule has 128 valence electrons. The minimum atomic E-state index is -0.0880. The fourth-order valence-electron chi connectivity index (χ4n) is 3.62. The average molecular weight is 330 g/mol. The number of ether oxygens (including phenoxy) is 3. The second-order valence-corrected chi connectivity index (χ2v) is 6.60. The van der Waals surface area contributed by atoms with Crippen LogP contribution in [-0.2, 0) is 9.53 Å². The molecule has 0 aliphatic carbocycles. The van der Waals surface area contributed by atoms with Crippen molar-refractivity contribution in [2.24, 2.45) is 5.92 Å². The van der Waals surface area contributed by atoms with Crippen molar-refractivity contribution in [2.45, 2.75) is 6.04 Å². The molecular weight excluding hydrogens is 308 g/mol. The second kappa shape index (κ2) is 6.45. The van der Waals surface area contributed by atoms with E-state index in [2.05, 4.69) is 16.3 Å². The second-order valence-electron chi connectivity index (χ2n) is 6.60. The lowest BCUT2D eigenvalue weighted by atomic mass is 10.1. The van der Waals surface area contributed by atoms with Crippen molar-refractivity contribution in [3.05, 3.63) is 29.3 Å². The highest BCUT2D eigenvalue weighted by atomic mass is 16.5. The van der Waals surface area contributed by atoms with Gasteiger partial charge in [0.1, 0.15) is 6.61 Å². The number of para-hydroxylation sites is 1. The Bertz CT molecular complexity index is 673. The first-order chi connectivity index (χ1) is 11.7. The van der Waals surface area contributed by atoms with E-state index in [1.54, 1.807) is 7.11 Å². The highest BCUT2D eigenvalue weighted by molar-refractivity contribution is 5.80. The first-order valence-corrected chi connectivity index (χ1v) is 8.32. The molecule has 0 aromatic heterocycles.